The molecule has 9 heteroatoms. The van der Waals surface area contributed by atoms with Crippen molar-refractivity contribution in [2.45, 2.75) is 19.6 Å². The van der Waals surface area contributed by atoms with Gasteiger partial charge in [0.2, 0.25) is 0 Å². The Kier molecular flexibility index (Phi) is 7.81. The number of carbonyl (C=O) groups is 2. The van der Waals surface area contributed by atoms with Crippen molar-refractivity contribution in [3.05, 3.63) is 119 Å². The Morgan fingerprint density at radius 1 is 0.907 bits per heavy atom. The van der Waals surface area contributed by atoms with Crippen LogP contribution in [-0.2, 0) is 16.2 Å². The minimum atomic E-state index is -0.968. The van der Waals surface area contributed by atoms with Crippen molar-refractivity contribution >= 4 is 44.1 Å². The monoisotopic (exact) mass is 592 g/mol. The molecule has 1 N–H and O–H groups in total. The normalized spacial score (nSPS) is 16.0. The first-order valence-corrected chi connectivity index (χ1v) is 14.5. The standard InChI is InChI=1S/C34H28N2O6S/c1-3-41-27-18-23(14-17-26(27)42-20-21-10-6-4-7-11-21)30-29(31(37)22-12-8-5-9-13-22)32(38)33(39)36(30)34-35-25-16-15-24(40-2)19-28(25)43-34/h4-19,30,37H,3,20H2,1-2H3. The van der Waals surface area contributed by atoms with Gasteiger partial charge in [0.1, 0.15) is 18.1 Å². The number of nitrogens with zero attached hydrogens (tertiary/aromatic N) is 2. The van der Waals surface area contributed by atoms with Gasteiger partial charge in [-0.3, -0.25) is 14.5 Å². The third kappa shape index (κ3) is 5.42. The van der Waals surface area contributed by atoms with Crippen LogP contribution in [0, 0.1) is 0 Å². The lowest BCUT2D eigenvalue weighted by atomic mass is 9.95. The van der Waals surface area contributed by atoms with Gasteiger partial charge >= 0.3 is 5.91 Å². The summed E-state index contributed by atoms with van der Waals surface area (Å²) in [7, 11) is 1.58. The summed E-state index contributed by atoms with van der Waals surface area (Å²) in [6, 6.07) is 28.2. The summed E-state index contributed by atoms with van der Waals surface area (Å²) in [5.74, 6) is -0.229. The molecule has 4 aromatic carbocycles. The number of thiazole rings is 1. The molecular formula is C34H28N2O6S. The van der Waals surface area contributed by atoms with E-state index in [9.17, 15) is 14.7 Å². The number of rotatable bonds is 9. The second kappa shape index (κ2) is 12.0. The number of benzene rings is 4. The third-order valence-corrected chi connectivity index (χ3v) is 8.12. The Bertz CT molecular complexity index is 1830. The number of aliphatic hydroxyl groups is 1. The summed E-state index contributed by atoms with van der Waals surface area (Å²) in [4.78, 5) is 33.4. The maximum Gasteiger partial charge on any atom is 0.301 e. The Labute approximate surface area is 252 Å². The summed E-state index contributed by atoms with van der Waals surface area (Å²) in [6.45, 7) is 2.57. The lowest BCUT2D eigenvalue weighted by Gasteiger charge is -2.24. The topological polar surface area (TPSA) is 98.2 Å². The fourth-order valence-electron chi connectivity index (χ4n) is 5.04. The molecule has 0 radical (unpaired) electrons. The lowest BCUT2D eigenvalue weighted by molar-refractivity contribution is -0.132. The van der Waals surface area contributed by atoms with Crippen molar-refractivity contribution in [2.24, 2.45) is 0 Å². The molecule has 216 valence electrons. The van der Waals surface area contributed by atoms with Gasteiger partial charge in [-0.15, -0.1) is 0 Å². The van der Waals surface area contributed by atoms with Crippen molar-refractivity contribution in [2.75, 3.05) is 18.6 Å². The maximum absolute atomic E-state index is 13.7. The fraction of sp³-hybridized carbons (Fsp3) is 0.147. The van der Waals surface area contributed by atoms with E-state index in [2.05, 4.69) is 0 Å². The number of aromatic nitrogens is 1. The SMILES string of the molecule is CCOc1cc(C2C(=C(O)c3ccccc3)C(=O)C(=O)N2c2nc3ccc(OC)cc3s2)ccc1OCc1ccccc1. The van der Waals surface area contributed by atoms with E-state index < -0.39 is 17.7 Å². The zero-order chi connectivity index (χ0) is 29.9. The average molecular weight is 593 g/mol. The molecule has 1 unspecified atom stereocenters. The van der Waals surface area contributed by atoms with Crippen molar-refractivity contribution < 1.29 is 28.9 Å². The molecule has 0 spiro atoms. The van der Waals surface area contributed by atoms with Gasteiger partial charge < -0.3 is 19.3 Å². The number of hydrogen-bond acceptors (Lipinski definition) is 8. The molecule has 0 bridgehead atoms. The number of amides is 1. The van der Waals surface area contributed by atoms with Gasteiger partial charge in [0.15, 0.2) is 16.6 Å². The molecule has 5 aromatic rings. The zero-order valence-electron chi connectivity index (χ0n) is 23.5. The smallest absolute Gasteiger partial charge is 0.301 e. The summed E-state index contributed by atoms with van der Waals surface area (Å²) in [6.07, 6.45) is 0. The Morgan fingerprint density at radius 3 is 2.37 bits per heavy atom. The van der Waals surface area contributed by atoms with Crippen molar-refractivity contribution in [1.29, 1.82) is 0 Å². The zero-order valence-corrected chi connectivity index (χ0v) is 24.3. The highest BCUT2D eigenvalue weighted by molar-refractivity contribution is 7.22. The van der Waals surface area contributed by atoms with Gasteiger partial charge in [0.25, 0.3) is 5.78 Å². The van der Waals surface area contributed by atoms with Gasteiger partial charge in [0.05, 0.1) is 35.5 Å². The highest BCUT2D eigenvalue weighted by Gasteiger charge is 2.48. The van der Waals surface area contributed by atoms with Gasteiger partial charge in [-0.25, -0.2) is 4.98 Å². The number of anilines is 1. The maximum atomic E-state index is 13.7. The molecule has 1 saturated heterocycles. The Hall–Kier alpha value is -5.15. The number of methoxy groups -OCH3 is 1. The quantitative estimate of drug-likeness (QED) is 0.113. The fourth-order valence-corrected chi connectivity index (χ4v) is 6.06. The van der Waals surface area contributed by atoms with Crippen LogP contribution in [-0.4, -0.2) is 35.5 Å². The molecule has 1 amide bonds. The highest BCUT2D eigenvalue weighted by Crippen LogP contribution is 2.46. The van der Waals surface area contributed by atoms with Crippen molar-refractivity contribution in [3.63, 3.8) is 0 Å². The van der Waals surface area contributed by atoms with E-state index in [0.717, 1.165) is 10.3 Å². The molecule has 8 nitrogen and oxygen atoms in total. The summed E-state index contributed by atoms with van der Waals surface area (Å²) >= 11 is 1.26. The molecular weight excluding hydrogens is 564 g/mol. The van der Waals surface area contributed by atoms with E-state index in [0.29, 0.717) is 52.2 Å². The number of Topliss-reactive ketones (excluding diaryl/α,β-unsaturated/α-hetero) is 1. The average Bonchev–Trinajstić information content (AvgIpc) is 3.58. The molecule has 2 heterocycles. The first-order valence-electron chi connectivity index (χ1n) is 13.7. The van der Waals surface area contributed by atoms with Gasteiger partial charge in [-0.1, -0.05) is 78.1 Å². The second-order valence-electron chi connectivity index (χ2n) is 9.78. The summed E-state index contributed by atoms with van der Waals surface area (Å²) < 4.78 is 18.2. The predicted molar refractivity (Wildman–Crippen MR) is 166 cm³/mol. The van der Waals surface area contributed by atoms with Gasteiger partial charge in [-0.2, -0.15) is 0 Å². The van der Waals surface area contributed by atoms with Crippen LogP contribution in [0.15, 0.2) is 103 Å². The van der Waals surface area contributed by atoms with E-state index in [4.69, 9.17) is 19.2 Å². The summed E-state index contributed by atoms with van der Waals surface area (Å²) in [5.41, 5.74) is 2.60. The minimum Gasteiger partial charge on any atom is -0.507 e. The van der Waals surface area contributed by atoms with Crippen LogP contribution in [0.3, 0.4) is 0 Å². The molecule has 0 saturated carbocycles. The Balaban J connectivity index is 1.48. The summed E-state index contributed by atoms with van der Waals surface area (Å²) in [5, 5.41) is 11.8. The molecule has 1 aliphatic heterocycles. The molecule has 1 aliphatic rings. The van der Waals surface area contributed by atoms with Crippen LogP contribution in [0.2, 0.25) is 0 Å². The molecule has 1 fully saturated rings. The van der Waals surface area contributed by atoms with E-state index in [-0.39, 0.29) is 11.3 Å². The van der Waals surface area contributed by atoms with Crippen LogP contribution in [0.4, 0.5) is 5.13 Å². The van der Waals surface area contributed by atoms with Crippen LogP contribution in [0.1, 0.15) is 29.7 Å². The Morgan fingerprint density at radius 2 is 1.65 bits per heavy atom. The van der Waals surface area contributed by atoms with E-state index >= 15 is 0 Å². The highest BCUT2D eigenvalue weighted by atomic mass is 32.1. The van der Waals surface area contributed by atoms with Crippen molar-refractivity contribution in [3.8, 4) is 17.2 Å². The van der Waals surface area contributed by atoms with Crippen LogP contribution in [0.5, 0.6) is 17.2 Å². The molecule has 43 heavy (non-hydrogen) atoms. The molecule has 1 aromatic heterocycles. The largest absolute Gasteiger partial charge is 0.507 e. The lowest BCUT2D eigenvalue weighted by Crippen LogP contribution is -2.29. The number of hydrogen-bond donors (Lipinski definition) is 1. The predicted octanol–water partition coefficient (Wildman–Crippen LogP) is 6.91. The van der Waals surface area contributed by atoms with E-state index in [1.165, 1.54) is 16.2 Å². The van der Waals surface area contributed by atoms with Crippen LogP contribution >= 0.6 is 11.3 Å². The first kappa shape index (κ1) is 28.0. The molecule has 6 rings (SSSR count). The van der Waals surface area contributed by atoms with E-state index in [1.807, 2.05) is 49.4 Å². The minimum absolute atomic E-state index is 0.0339. The van der Waals surface area contributed by atoms with Crippen molar-refractivity contribution in [1.82, 2.24) is 4.98 Å². The first-order chi connectivity index (χ1) is 21.0. The van der Waals surface area contributed by atoms with Crippen LogP contribution in [0.25, 0.3) is 16.0 Å². The number of ketones is 1. The van der Waals surface area contributed by atoms with Gasteiger partial charge in [0, 0.05) is 5.56 Å². The molecule has 1 atom stereocenters. The molecule has 0 aliphatic carbocycles. The number of carbonyl (C=O) groups excluding carboxylic acids is 2. The second-order valence-corrected chi connectivity index (χ2v) is 10.8. The van der Waals surface area contributed by atoms with Gasteiger partial charge in [-0.05, 0) is 48.4 Å². The number of fused-ring (bicyclic) bond motifs is 1. The third-order valence-electron chi connectivity index (χ3n) is 7.10. The van der Waals surface area contributed by atoms with E-state index in [1.54, 1.807) is 61.7 Å². The number of ether oxygens (including phenoxy) is 3. The van der Waals surface area contributed by atoms with Crippen LogP contribution < -0.4 is 19.1 Å². The number of aliphatic hydroxyl groups excluding tert-OH is 1.